The first-order valence-corrected chi connectivity index (χ1v) is 4.57. The van der Waals surface area contributed by atoms with Crippen LogP contribution in [0.5, 0.6) is 0 Å². The third kappa shape index (κ3) is 2.63. The molecule has 4 N–H and O–H groups in total. The summed E-state index contributed by atoms with van der Waals surface area (Å²) in [6, 6.07) is 1.50. The number of nitrogens with two attached hydrogens (primary N) is 1. The Kier molecular flexibility index (Phi) is 3.56. The van der Waals surface area contributed by atoms with E-state index in [0.717, 1.165) is 0 Å². The van der Waals surface area contributed by atoms with E-state index >= 15 is 0 Å². The van der Waals surface area contributed by atoms with E-state index in [1.165, 1.54) is 0 Å². The van der Waals surface area contributed by atoms with Crippen molar-refractivity contribution in [2.75, 3.05) is 18.6 Å². The van der Waals surface area contributed by atoms with Crippen molar-refractivity contribution < 1.29 is 5.11 Å². The number of nitrogens with one attached hydrogen (secondary N) is 1. The molecule has 6 nitrogen and oxygen atoms in total. The van der Waals surface area contributed by atoms with Crippen molar-refractivity contribution in [2.24, 2.45) is 5.73 Å². The highest BCUT2D eigenvalue weighted by Crippen LogP contribution is 2.08. The first-order chi connectivity index (χ1) is 7.06. The maximum absolute atomic E-state index is 8.98. The maximum Gasteiger partial charge on any atom is 0.226 e. The number of rotatable bonds is 4. The SMILES string of the molecule is CC(CO)N(C)c1nccc(C(=N)N)n1. The van der Waals surface area contributed by atoms with Gasteiger partial charge in [-0.15, -0.1) is 0 Å². The molecule has 0 bridgehead atoms. The van der Waals surface area contributed by atoms with E-state index in [9.17, 15) is 0 Å². The highest BCUT2D eigenvalue weighted by atomic mass is 16.3. The van der Waals surface area contributed by atoms with Crippen molar-refractivity contribution in [2.45, 2.75) is 13.0 Å². The van der Waals surface area contributed by atoms with Gasteiger partial charge in [0, 0.05) is 13.2 Å². The molecule has 0 saturated carbocycles. The predicted octanol–water partition coefficient (Wildman–Crippen LogP) is -0.422. The van der Waals surface area contributed by atoms with Crippen molar-refractivity contribution in [3.63, 3.8) is 0 Å². The Morgan fingerprint density at radius 2 is 2.40 bits per heavy atom. The third-order valence-corrected chi connectivity index (χ3v) is 2.16. The van der Waals surface area contributed by atoms with Crippen molar-refractivity contribution >= 4 is 11.8 Å². The van der Waals surface area contributed by atoms with E-state index in [-0.39, 0.29) is 18.5 Å². The summed E-state index contributed by atoms with van der Waals surface area (Å²) in [5.41, 5.74) is 5.70. The molecule has 1 aromatic heterocycles. The summed E-state index contributed by atoms with van der Waals surface area (Å²) in [6.07, 6.45) is 1.54. The lowest BCUT2D eigenvalue weighted by Gasteiger charge is -2.22. The zero-order valence-electron chi connectivity index (χ0n) is 8.81. The average molecular weight is 209 g/mol. The number of aromatic nitrogens is 2. The molecule has 0 aliphatic heterocycles. The maximum atomic E-state index is 8.98. The molecule has 0 spiro atoms. The van der Waals surface area contributed by atoms with Crippen LogP contribution in [0.15, 0.2) is 12.3 Å². The molecule has 82 valence electrons. The van der Waals surface area contributed by atoms with Gasteiger partial charge in [0.05, 0.1) is 12.6 Å². The molecule has 0 radical (unpaired) electrons. The van der Waals surface area contributed by atoms with Crippen LogP contribution in [0.3, 0.4) is 0 Å². The number of hydrogen-bond donors (Lipinski definition) is 3. The minimum Gasteiger partial charge on any atom is -0.394 e. The van der Waals surface area contributed by atoms with Gasteiger partial charge >= 0.3 is 0 Å². The molecule has 0 saturated heterocycles. The first kappa shape index (κ1) is 11.4. The molecule has 0 aromatic carbocycles. The van der Waals surface area contributed by atoms with E-state index in [1.54, 1.807) is 24.2 Å². The van der Waals surface area contributed by atoms with Crippen molar-refractivity contribution in [3.05, 3.63) is 18.0 Å². The Bertz CT molecular complexity index is 354. The fraction of sp³-hybridized carbons (Fsp3) is 0.444. The van der Waals surface area contributed by atoms with Crippen molar-refractivity contribution in [1.29, 1.82) is 5.41 Å². The van der Waals surface area contributed by atoms with Crippen LogP contribution in [-0.4, -0.2) is 40.6 Å². The summed E-state index contributed by atoms with van der Waals surface area (Å²) < 4.78 is 0. The van der Waals surface area contributed by atoms with Crippen LogP contribution in [0.1, 0.15) is 12.6 Å². The number of aliphatic hydroxyl groups excluding tert-OH is 1. The normalized spacial score (nSPS) is 12.2. The van der Waals surface area contributed by atoms with E-state index in [4.69, 9.17) is 16.2 Å². The second-order valence-electron chi connectivity index (χ2n) is 3.30. The summed E-state index contributed by atoms with van der Waals surface area (Å²) >= 11 is 0. The number of amidine groups is 1. The lowest BCUT2D eigenvalue weighted by Crippen LogP contribution is -2.33. The Morgan fingerprint density at radius 3 is 2.93 bits per heavy atom. The van der Waals surface area contributed by atoms with Crippen LogP contribution in [0.25, 0.3) is 0 Å². The van der Waals surface area contributed by atoms with Crippen LogP contribution < -0.4 is 10.6 Å². The largest absolute Gasteiger partial charge is 0.394 e. The quantitative estimate of drug-likeness (QED) is 0.462. The van der Waals surface area contributed by atoms with Crippen LogP contribution in [0.2, 0.25) is 0 Å². The number of anilines is 1. The fourth-order valence-corrected chi connectivity index (χ4v) is 0.988. The third-order valence-electron chi connectivity index (χ3n) is 2.16. The Labute approximate surface area is 88.3 Å². The second kappa shape index (κ2) is 4.70. The minimum atomic E-state index is -0.0938. The number of aliphatic hydroxyl groups is 1. The van der Waals surface area contributed by atoms with E-state index in [0.29, 0.717) is 11.6 Å². The smallest absolute Gasteiger partial charge is 0.226 e. The van der Waals surface area contributed by atoms with E-state index < -0.39 is 0 Å². The van der Waals surface area contributed by atoms with Crippen LogP contribution in [0, 0.1) is 5.41 Å². The predicted molar refractivity (Wildman–Crippen MR) is 58.0 cm³/mol. The van der Waals surface area contributed by atoms with Gasteiger partial charge < -0.3 is 15.7 Å². The number of nitrogen functional groups attached to an aromatic ring is 1. The van der Waals surface area contributed by atoms with E-state index in [2.05, 4.69) is 9.97 Å². The van der Waals surface area contributed by atoms with Crippen LogP contribution >= 0.6 is 0 Å². The van der Waals surface area contributed by atoms with Gasteiger partial charge in [-0.25, -0.2) is 9.97 Å². The molecule has 1 aromatic rings. The van der Waals surface area contributed by atoms with Crippen LogP contribution in [-0.2, 0) is 0 Å². The van der Waals surface area contributed by atoms with Gasteiger partial charge in [0.1, 0.15) is 11.5 Å². The monoisotopic (exact) mass is 209 g/mol. The number of hydrogen-bond acceptors (Lipinski definition) is 5. The standard InChI is InChI=1S/C9H15N5O/c1-6(5-15)14(2)9-12-4-3-7(13-9)8(10)11/h3-4,6,15H,5H2,1-2H3,(H3,10,11). The number of likely N-dealkylation sites (N-methyl/N-ethyl adjacent to an activating group) is 1. The molecule has 15 heavy (non-hydrogen) atoms. The van der Waals surface area contributed by atoms with Gasteiger partial charge in [-0.1, -0.05) is 0 Å². The number of nitrogens with zero attached hydrogens (tertiary/aromatic N) is 3. The van der Waals surface area contributed by atoms with Crippen molar-refractivity contribution in [1.82, 2.24) is 9.97 Å². The Hall–Kier alpha value is -1.69. The molecule has 6 heteroatoms. The van der Waals surface area contributed by atoms with Crippen LogP contribution in [0.4, 0.5) is 5.95 Å². The molecule has 1 heterocycles. The summed E-state index contributed by atoms with van der Waals surface area (Å²) in [6.45, 7) is 1.87. The Balaban J connectivity index is 2.94. The van der Waals surface area contributed by atoms with Gasteiger partial charge in [0.15, 0.2) is 0 Å². The molecule has 0 amide bonds. The van der Waals surface area contributed by atoms with E-state index in [1.807, 2.05) is 6.92 Å². The minimum absolute atomic E-state index is 0.0180. The molecule has 0 aliphatic rings. The average Bonchev–Trinajstić information content (AvgIpc) is 2.27. The van der Waals surface area contributed by atoms with Gasteiger partial charge in [0.2, 0.25) is 5.95 Å². The topological polar surface area (TPSA) is 99.1 Å². The highest BCUT2D eigenvalue weighted by molar-refractivity contribution is 5.93. The Morgan fingerprint density at radius 1 is 1.73 bits per heavy atom. The van der Waals surface area contributed by atoms with Gasteiger partial charge in [-0.3, -0.25) is 5.41 Å². The summed E-state index contributed by atoms with van der Waals surface area (Å²) in [5.74, 6) is 0.355. The zero-order valence-corrected chi connectivity index (χ0v) is 8.81. The summed E-state index contributed by atoms with van der Waals surface area (Å²) in [5, 5.41) is 16.2. The summed E-state index contributed by atoms with van der Waals surface area (Å²) in [7, 11) is 1.78. The zero-order chi connectivity index (χ0) is 11.4. The lowest BCUT2D eigenvalue weighted by atomic mass is 10.3. The van der Waals surface area contributed by atoms with Crippen molar-refractivity contribution in [3.8, 4) is 0 Å². The molecule has 1 atom stereocenters. The lowest BCUT2D eigenvalue weighted by molar-refractivity contribution is 0.269. The molecule has 0 fully saturated rings. The molecular weight excluding hydrogens is 194 g/mol. The molecule has 1 rings (SSSR count). The molecular formula is C9H15N5O. The van der Waals surface area contributed by atoms with Gasteiger partial charge in [-0.2, -0.15) is 0 Å². The summed E-state index contributed by atoms with van der Waals surface area (Å²) in [4.78, 5) is 9.87. The second-order valence-corrected chi connectivity index (χ2v) is 3.30. The molecule has 0 aliphatic carbocycles. The molecule has 1 unspecified atom stereocenters. The van der Waals surface area contributed by atoms with Gasteiger partial charge in [-0.05, 0) is 13.0 Å². The first-order valence-electron chi connectivity index (χ1n) is 4.57. The highest BCUT2D eigenvalue weighted by Gasteiger charge is 2.12. The fourth-order valence-electron chi connectivity index (χ4n) is 0.988. The van der Waals surface area contributed by atoms with Gasteiger partial charge in [0.25, 0.3) is 0 Å².